The lowest BCUT2D eigenvalue weighted by Gasteiger charge is -2.22. The van der Waals surface area contributed by atoms with Crippen molar-refractivity contribution in [3.05, 3.63) is 169 Å². The van der Waals surface area contributed by atoms with Crippen molar-refractivity contribution in [1.82, 2.24) is 0 Å². The fraction of sp³-hybridized carbons (Fsp3) is 0.0638. The summed E-state index contributed by atoms with van der Waals surface area (Å²) in [6.07, 6.45) is 0. The van der Waals surface area contributed by atoms with Gasteiger partial charge in [0.2, 0.25) is 0 Å². The summed E-state index contributed by atoms with van der Waals surface area (Å²) in [6.45, 7) is 4.71. The normalized spacial score (nSPS) is 13.5. The van der Waals surface area contributed by atoms with Crippen LogP contribution in [0.15, 0.2) is 158 Å². The molecule has 0 nitrogen and oxygen atoms in total. The second-order valence-electron chi connectivity index (χ2n) is 13.8. The Balaban J connectivity index is 1.08. The summed E-state index contributed by atoms with van der Waals surface area (Å²) in [5, 5.41) is 12.9. The summed E-state index contributed by atoms with van der Waals surface area (Å²) in [7, 11) is 0. The van der Waals surface area contributed by atoms with Gasteiger partial charge in [-0.05, 0) is 123 Å². The second kappa shape index (κ2) is 9.64. The molecule has 0 atom stereocenters. The van der Waals surface area contributed by atoms with Crippen LogP contribution in [-0.2, 0) is 5.41 Å². The number of rotatable bonds is 2. The SMILES string of the molecule is CC1(C)c2ccccc2-c2ccc(-c3ccc4ccc5cc(-c6ccc7ccc8c9ccccc9ccc8c7c6)ccc5c4c3)cc21. The topological polar surface area (TPSA) is 0 Å². The molecule has 0 spiro atoms. The molecule has 0 N–H and O–H groups in total. The first-order valence-corrected chi connectivity index (χ1v) is 16.6. The van der Waals surface area contributed by atoms with Crippen molar-refractivity contribution in [3.63, 3.8) is 0 Å². The van der Waals surface area contributed by atoms with Crippen molar-refractivity contribution >= 4 is 53.9 Å². The van der Waals surface area contributed by atoms with Gasteiger partial charge in [-0.1, -0.05) is 147 Å². The average molecular weight is 597 g/mol. The quantitative estimate of drug-likeness (QED) is 0.174. The van der Waals surface area contributed by atoms with Crippen molar-refractivity contribution in [3.8, 4) is 33.4 Å². The van der Waals surface area contributed by atoms with Gasteiger partial charge in [0.05, 0.1) is 0 Å². The predicted molar refractivity (Wildman–Crippen MR) is 202 cm³/mol. The molecule has 1 aliphatic rings. The lowest BCUT2D eigenvalue weighted by atomic mass is 9.81. The Kier molecular flexibility index (Phi) is 5.44. The third-order valence-electron chi connectivity index (χ3n) is 10.8. The third kappa shape index (κ3) is 3.88. The van der Waals surface area contributed by atoms with Crippen LogP contribution in [0.1, 0.15) is 25.0 Å². The summed E-state index contributed by atoms with van der Waals surface area (Å²) in [4.78, 5) is 0. The van der Waals surface area contributed by atoms with Crippen LogP contribution in [-0.4, -0.2) is 0 Å². The van der Waals surface area contributed by atoms with Crippen molar-refractivity contribution < 1.29 is 0 Å². The fourth-order valence-corrected chi connectivity index (χ4v) is 8.30. The Morgan fingerprint density at radius 1 is 0.298 bits per heavy atom. The highest BCUT2D eigenvalue weighted by atomic mass is 14.4. The molecule has 47 heavy (non-hydrogen) atoms. The summed E-state index contributed by atoms with van der Waals surface area (Å²) in [5.41, 5.74) is 10.6. The van der Waals surface area contributed by atoms with Crippen LogP contribution >= 0.6 is 0 Å². The van der Waals surface area contributed by atoms with Crippen LogP contribution in [0, 0.1) is 0 Å². The zero-order valence-electron chi connectivity index (χ0n) is 26.5. The van der Waals surface area contributed by atoms with E-state index < -0.39 is 0 Å². The highest BCUT2D eigenvalue weighted by Gasteiger charge is 2.35. The maximum atomic E-state index is 2.42. The third-order valence-corrected chi connectivity index (χ3v) is 10.8. The summed E-state index contributed by atoms with van der Waals surface area (Å²) in [5.74, 6) is 0. The second-order valence-corrected chi connectivity index (χ2v) is 13.8. The average Bonchev–Trinajstić information content (AvgIpc) is 3.36. The summed E-state index contributed by atoms with van der Waals surface area (Å²) >= 11 is 0. The Hall–Kier alpha value is -5.72. The molecule has 0 unspecified atom stereocenters. The molecule has 0 heteroatoms. The highest BCUT2D eigenvalue weighted by molar-refractivity contribution is 6.18. The zero-order chi connectivity index (χ0) is 31.3. The monoisotopic (exact) mass is 596 g/mol. The number of hydrogen-bond acceptors (Lipinski definition) is 0. The molecule has 9 aromatic rings. The smallest absolute Gasteiger partial charge is 0.0159 e. The molecule has 0 bridgehead atoms. The van der Waals surface area contributed by atoms with E-state index >= 15 is 0 Å². The van der Waals surface area contributed by atoms with Gasteiger partial charge in [-0.25, -0.2) is 0 Å². The Morgan fingerprint density at radius 3 is 1.57 bits per heavy atom. The maximum absolute atomic E-state index is 2.42. The maximum Gasteiger partial charge on any atom is 0.0159 e. The van der Waals surface area contributed by atoms with Gasteiger partial charge in [0.25, 0.3) is 0 Å². The molecule has 0 aliphatic heterocycles. The first-order valence-electron chi connectivity index (χ1n) is 16.6. The number of fused-ring (bicyclic) bond motifs is 11. The molecular formula is C47H32. The van der Waals surface area contributed by atoms with E-state index in [-0.39, 0.29) is 5.41 Å². The van der Waals surface area contributed by atoms with Gasteiger partial charge in [-0.2, -0.15) is 0 Å². The Bertz CT molecular complexity index is 2760. The van der Waals surface area contributed by atoms with Crippen LogP contribution in [0.2, 0.25) is 0 Å². The van der Waals surface area contributed by atoms with Crippen molar-refractivity contribution in [2.75, 3.05) is 0 Å². The van der Waals surface area contributed by atoms with E-state index in [0.29, 0.717) is 0 Å². The van der Waals surface area contributed by atoms with E-state index in [2.05, 4.69) is 172 Å². The van der Waals surface area contributed by atoms with E-state index in [1.165, 1.54) is 98.4 Å². The molecule has 0 amide bonds. The van der Waals surface area contributed by atoms with Crippen LogP contribution in [0.4, 0.5) is 0 Å². The summed E-state index contributed by atoms with van der Waals surface area (Å²) < 4.78 is 0. The highest BCUT2D eigenvalue weighted by Crippen LogP contribution is 2.49. The number of benzene rings is 9. The first-order chi connectivity index (χ1) is 23.0. The first kappa shape index (κ1) is 26.5. The van der Waals surface area contributed by atoms with Gasteiger partial charge < -0.3 is 0 Å². The molecule has 0 heterocycles. The molecule has 0 saturated carbocycles. The van der Waals surface area contributed by atoms with Crippen molar-refractivity contribution in [2.45, 2.75) is 19.3 Å². The fourth-order valence-electron chi connectivity index (χ4n) is 8.30. The molecule has 1 aliphatic carbocycles. The lowest BCUT2D eigenvalue weighted by molar-refractivity contribution is 0.660. The van der Waals surface area contributed by atoms with E-state index in [0.717, 1.165) is 0 Å². The van der Waals surface area contributed by atoms with Gasteiger partial charge in [0, 0.05) is 5.41 Å². The van der Waals surface area contributed by atoms with Gasteiger partial charge in [0.1, 0.15) is 0 Å². The zero-order valence-corrected chi connectivity index (χ0v) is 26.5. The van der Waals surface area contributed by atoms with Crippen LogP contribution in [0.25, 0.3) is 87.2 Å². The predicted octanol–water partition coefficient (Wildman–Crippen LogP) is 13.1. The summed E-state index contributed by atoms with van der Waals surface area (Å²) in [6, 6.07) is 59.1. The van der Waals surface area contributed by atoms with E-state index in [4.69, 9.17) is 0 Å². The minimum atomic E-state index is -0.00920. The van der Waals surface area contributed by atoms with Crippen molar-refractivity contribution in [2.24, 2.45) is 0 Å². The molecule has 9 aromatic carbocycles. The molecule has 0 radical (unpaired) electrons. The molecule has 0 saturated heterocycles. The van der Waals surface area contributed by atoms with Gasteiger partial charge in [-0.15, -0.1) is 0 Å². The minimum Gasteiger partial charge on any atom is -0.0619 e. The van der Waals surface area contributed by atoms with E-state index in [1.807, 2.05) is 0 Å². The van der Waals surface area contributed by atoms with Gasteiger partial charge >= 0.3 is 0 Å². The molecular weight excluding hydrogens is 565 g/mol. The van der Waals surface area contributed by atoms with E-state index in [1.54, 1.807) is 0 Å². The van der Waals surface area contributed by atoms with Crippen LogP contribution in [0.5, 0.6) is 0 Å². The van der Waals surface area contributed by atoms with Gasteiger partial charge in [0.15, 0.2) is 0 Å². The molecule has 0 aromatic heterocycles. The molecule has 220 valence electrons. The standard InChI is InChI=1S/C47H32/c1-47(2)45-10-6-5-9-41(45)42-24-20-35(28-46(42)47)34-15-11-30-13-16-36-25-32(19-21-38(36)43(30)26-34)33-14-12-31-18-22-39-37-8-4-3-7-29(37)17-23-40(39)44(31)27-33/h3-28H,1-2H3. The van der Waals surface area contributed by atoms with Crippen LogP contribution < -0.4 is 0 Å². The molecule has 0 fully saturated rings. The lowest BCUT2D eigenvalue weighted by Crippen LogP contribution is -2.14. The van der Waals surface area contributed by atoms with Gasteiger partial charge in [-0.3, -0.25) is 0 Å². The Morgan fingerprint density at radius 2 is 0.766 bits per heavy atom. The number of hydrogen-bond donors (Lipinski definition) is 0. The van der Waals surface area contributed by atoms with Crippen LogP contribution in [0.3, 0.4) is 0 Å². The Labute approximate surface area is 274 Å². The largest absolute Gasteiger partial charge is 0.0619 e. The van der Waals surface area contributed by atoms with E-state index in [9.17, 15) is 0 Å². The minimum absolute atomic E-state index is 0.00920. The van der Waals surface area contributed by atoms with Crippen molar-refractivity contribution in [1.29, 1.82) is 0 Å². The molecule has 10 rings (SSSR count).